The van der Waals surface area contributed by atoms with Crippen LogP contribution in [0.2, 0.25) is 0 Å². The number of nitro groups is 1. The van der Waals surface area contributed by atoms with Gasteiger partial charge in [-0.3, -0.25) is 15.1 Å². The molecule has 1 heterocycles. The molecule has 0 spiro atoms. The molecule has 102 valence electrons. The van der Waals surface area contributed by atoms with Crippen molar-refractivity contribution < 1.29 is 4.92 Å². The summed E-state index contributed by atoms with van der Waals surface area (Å²) in [7, 11) is 0. The van der Waals surface area contributed by atoms with Crippen LogP contribution in [0.15, 0.2) is 41.0 Å². The first kappa shape index (κ1) is 13.1. The number of aryl methyl sites for hydroxylation is 1. The molecule has 0 fully saturated rings. The quantitative estimate of drug-likeness (QED) is 0.684. The average Bonchev–Trinajstić information content (AvgIpc) is 2.84. The van der Waals surface area contributed by atoms with Crippen molar-refractivity contribution in [3.8, 4) is 0 Å². The number of halogens is 1. The molecule has 1 atom stereocenters. The van der Waals surface area contributed by atoms with Crippen LogP contribution < -0.4 is 5.32 Å². The van der Waals surface area contributed by atoms with Crippen LogP contribution in [0.25, 0.3) is 0 Å². The molecule has 5 nitrogen and oxygen atoms in total. The maximum Gasteiger partial charge on any atom is 0.270 e. The average molecular weight is 334 g/mol. The number of anilines is 1. The highest BCUT2D eigenvalue weighted by atomic mass is 79.9. The smallest absolute Gasteiger partial charge is 0.270 e. The molecule has 20 heavy (non-hydrogen) atoms. The van der Waals surface area contributed by atoms with E-state index in [0.29, 0.717) is 4.47 Å². The van der Waals surface area contributed by atoms with Crippen LogP contribution >= 0.6 is 15.9 Å². The lowest BCUT2D eigenvalue weighted by molar-refractivity contribution is -0.384. The molecule has 0 bridgehead atoms. The summed E-state index contributed by atoms with van der Waals surface area (Å²) in [6.07, 6.45) is 3.78. The molecular weight excluding hydrogens is 322 g/mol. The van der Waals surface area contributed by atoms with Gasteiger partial charge in [-0.2, -0.15) is 0 Å². The molecule has 1 aliphatic rings. The van der Waals surface area contributed by atoms with Crippen LogP contribution in [0, 0.1) is 10.1 Å². The third kappa shape index (κ3) is 2.38. The summed E-state index contributed by atoms with van der Waals surface area (Å²) in [4.78, 5) is 14.8. The largest absolute Gasteiger partial charge is 0.376 e. The fraction of sp³-hybridized carbons (Fsp3) is 0.214. The van der Waals surface area contributed by atoms with Gasteiger partial charge in [0.1, 0.15) is 0 Å². The van der Waals surface area contributed by atoms with Gasteiger partial charge in [-0.15, -0.1) is 0 Å². The minimum absolute atomic E-state index is 0.0763. The van der Waals surface area contributed by atoms with E-state index < -0.39 is 4.92 Å². The number of nitrogens with zero attached hydrogens (tertiary/aromatic N) is 2. The van der Waals surface area contributed by atoms with Gasteiger partial charge in [0.05, 0.1) is 16.7 Å². The number of aromatic nitrogens is 1. The van der Waals surface area contributed by atoms with Gasteiger partial charge >= 0.3 is 0 Å². The van der Waals surface area contributed by atoms with E-state index in [1.807, 2.05) is 6.07 Å². The number of pyridine rings is 1. The molecule has 1 aromatic carbocycles. The first-order valence-corrected chi connectivity index (χ1v) is 7.09. The SMILES string of the molecule is O=[N+]([O-])c1ccc(NC2CCc3cccnc32)c(Br)c1. The molecule has 0 amide bonds. The van der Waals surface area contributed by atoms with Crippen LogP contribution in [-0.2, 0) is 6.42 Å². The van der Waals surface area contributed by atoms with Gasteiger partial charge in [-0.25, -0.2) is 0 Å². The Hall–Kier alpha value is -1.95. The van der Waals surface area contributed by atoms with E-state index in [1.54, 1.807) is 12.3 Å². The highest BCUT2D eigenvalue weighted by Gasteiger charge is 2.24. The maximum absolute atomic E-state index is 10.7. The lowest BCUT2D eigenvalue weighted by atomic mass is 10.2. The third-order valence-electron chi connectivity index (χ3n) is 3.45. The Kier molecular flexibility index (Phi) is 3.40. The molecule has 1 unspecified atom stereocenters. The van der Waals surface area contributed by atoms with Crippen LogP contribution in [0.5, 0.6) is 0 Å². The molecule has 1 N–H and O–H groups in total. The molecule has 2 aromatic rings. The number of hydrogen-bond acceptors (Lipinski definition) is 4. The summed E-state index contributed by atoms with van der Waals surface area (Å²) in [5.41, 5.74) is 3.26. The normalized spacial score (nSPS) is 16.8. The Labute approximate surface area is 124 Å². The molecule has 1 aromatic heterocycles. The summed E-state index contributed by atoms with van der Waals surface area (Å²) < 4.78 is 0.691. The first-order chi connectivity index (χ1) is 9.65. The van der Waals surface area contributed by atoms with Crippen molar-refractivity contribution in [1.82, 2.24) is 4.98 Å². The van der Waals surface area contributed by atoms with E-state index in [-0.39, 0.29) is 11.7 Å². The van der Waals surface area contributed by atoms with Gasteiger partial charge in [0.25, 0.3) is 5.69 Å². The van der Waals surface area contributed by atoms with Gasteiger partial charge in [-0.05, 0) is 46.5 Å². The Morgan fingerprint density at radius 2 is 2.25 bits per heavy atom. The van der Waals surface area contributed by atoms with Crippen LogP contribution in [0.1, 0.15) is 23.7 Å². The van der Waals surface area contributed by atoms with Gasteiger partial charge in [-0.1, -0.05) is 6.07 Å². The van der Waals surface area contributed by atoms with E-state index >= 15 is 0 Å². The van der Waals surface area contributed by atoms with E-state index in [9.17, 15) is 10.1 Å². The van der Waals surface area contributed by atoms with Crippen molar-refractivity contribution in [2.24, 2.45) is 0 Å². The predicted octanol–water partition coefficient (Wildman–Crippen LogP) is 3.85. The van der Waals surface area contributed by atoms with E-state index in [4.69, 9.17) is 0 Å². The highest BCUT2D eigenvalue weighted by molar-refractivity contribution is 9.10. The van der Waals surface area contributed by atoms with Crippen molar-refractivity contribution in [3.63, 3.8) is 0 Å². The first-order valence-electron chi connectivity index (χ1n) is 6.29. The van der Waals surface area contributed by atoms with E-state index in [2.05, 4.69) is 32.3 Å². The summed E-state index contributed by atoms with van der Waals surface area (Å²) in [5, 5.41) is 14.1. The molecule has 0 saturated carbocycles. The molecule has 0 aliphatic heterocycles. The Morgan fingerprint density at radius 3 is 3.00 bits per heavy atom. The van der Waals surface area contributed by atoms with Crippen molar-refractivity contribution in [3.05, 3.63) is 62.4 Å². The zero-order valence-corrected chi connectivity index (χ0v) is 12.1. The number of nitrogens with one attached hydrogen (secondary N) is 1. The van der Waals surface area contributed by atoms with Crippen LogP contribution in [-0.4, -0.2) is 9.91 Å². The number of benzene rings is 1. The molecule has 0 radical (unpaired) electrons. The highest BCUT2D eigenvalue weighted by Crippen LogP contribution is 2.35. The van der Waals surface area contributed by atoms with Crippen LogP contribution in [0.3, 0.4) is 0 Å². The number of nitro benzene ring substituents is 1. The van der Waals surface area contributed by atoms with Crippen LogP contribution in [0.4, 0.5) is 11.4 Å². The van der Waals surface area contributed by atoms with Crippen molar-refractivity contribution in [2.45, 2.75) is 18.9 Å². The minimum atomic E-state index is -0.402. The van der Waals surface area contributed by atoms with Gasteiger partial charge in [0.2, 0.25) is 0 Å². The standard InChI is InChI=1S/C14H12BrN3O2/c15-11-8-10(18(19)20)4-6-12(11)17-13-5-3-9-2-1-7-16-14(9)13/h1-2,4,6-8,13,17H,3,5H2. The Bertz CT molecular complexity index is 675. The number of hydrogen-bond donors (Lipinski definition) is 1. The van der Waals surface area contributed by atoms with Crippen molar-refractivity contribution in [2.75, 3.05) is 5.32 Å². The Balaban J connectivity index is 1.84. The number of fused-ring (bicyclic) bond motifs is 1. The summed E-state index contributed by atoms with van der Waals surface area (Å²) in [6.45, 7) is 0. The lowest BCUT2D eigenvalue weighted by Gasteiger charge is -2.15. The summed E-state index contributed by atoms with van der Waals surface area (Å²) >= 11 is 3.38. The topological polar surface area (TPSA) is 68.1 Å². The second-order valence-corrected chi connectivity index (χ2v) is 5.56. The van der Waals surface area contributed by atoms with Crippen molar-refractivity contribution in [1.29, 1.82) is 0 Å². The lowest BCUT2D eigenvalue weighted by Crippen LogP contribution is -2.09. The van der Waals surface area contributed by atoms with Crippen molar-refractivity contribution >= 4 is 27.3 Å². The number of non-ortho nitro benzene ring substituents is 1. The molecular formula is C14H12BrN3O2. The molecule has 0 saturated heterocycles. The van der Waals surface area contributed by atoms with E-state index in [0.717, 1.165) is 24.2 Å². The zero-order valence-electron chi connectivity index (χ0n) is 10.5. The zero-order chi connectivity index (χ0) is 14.1. The fourth-order valence-corrected chi connectivity index (χ4v) is 2.96. The molecule has 6 heteroatoms. The van der Waals surface area contributed by atoms with Gasteiger partial charge < -0.3 is 5.32 Å². The minimum Gasteiger partial charge on any atom is -0.376 e. The number of rotatable bonds is 3. The fourth-order valence-electron chi connectivity index (χ4n) is 2.48. The van der Waals surface area contributed by atoms with E-state index in [1.165, 1.54) is 17.7 Å². The summed E-state index contributed by atoms with van der Waals surface area (Å²) in [5.74, 6) is 0. The molecule has 1 aliphatic carbocycles. The second kappa shape index (κ2) is 5.20. The van der Waals surface area contributed by atoms with Gasteiger partial charge in [0.15, 0.2) is 0 Å². The third-order valence-corrected chi connectivity index (χ3v) is 4.11. The monoisotopic (exact) mass is 333 g/mol. The predicted molar refractivity (Wildman–Crippen MR) is 79.7 cm³/mol. The summed E-state index contributed by atoms with van der Waals surface area (Å²) in [6, 6.07) is 8.93. The molecule has 3 rings (SSSR count). The second-order valence-electron chi connectivity index (χ2n) is 4.70. The van der Waals surface area contributed by atoms with Gasteiger partial charge in [0, 0.05) is 28.5 Å². The Morgan fingerprint density at radius 1 is 1.40 bits per heavy atom. The maximum atomic E-state index is 10.7.